The van der Waals surface area contributed by atoms with Crippen LogP contribution in [-0.4, -0.2) is 34.5 Å². The Morgan fingerprint density at radius 3 is 2.53 bits per heavy atom. The van der Waals surface area contributed by atoms with E-state index in [0.29, 0.717) is 6.61 Å². The van der Waals surface area contributed by atoms with Crippen LogP contribution in [0.4, 0.5) is 0 Å². The van der Waals surface area contributed by atoms with E-state index in [1.165, 1.54) is 0 Å². The van der Waals surface area contributed by atoms with Crippen molar-refractivity contribution < 1.29 is 14.2 Å². The summed E-state index contributed by atoms with van der Waals surface area (Å²) < 4.78 is 17.2. The van der Waals surface area contributed by atoms with Gasteiger partial charge in [-0.15, -0.1) is 0 Å². The number of hydrogen-bond donors (Lipinski definition) is 1. The maximum absolute atomic E-state index is 5.62. The lowest BCUT2D eigenvalue weighted by molar-refractivity contribution is 0.113. The molecular weight excluding hydrogens is 310 g/mol. The first-order valence-electron chi connectivity index (χ1n) is 6.34. The zero-order chi connectivity index (χ0) is 14.3. The molecule has 0 fully saturated rings. The highest BCUT2D eigenvalue weighted by atomic mass is 79.9. The van der Waals surface area contributed by atoms with E-state index in [9.17, 15) is 0 Å². The Hall–Kier alpha value is -0.780. The number of benzene rings is 1. The van der Waals surface area contributed by atoms with Crippen molar-refractivity contribution in [3.63, 3.8) is 0 Å². The fourth-order valence-electron chi connectivity index (χ4n) is 1.87. The minimum atomic E-state index is 0.0868. The third-order valence-electron chi connectivity index (χ3n) is 2.87. The van der Waals surface area contributed by atoms with Crippen LogP contribution >= 0.6 is 15.9 Å². The molecule has 0 aliphatic rings. The maximum atomic E-state index is 5.62. The van der Waals surface area contributed by atoms with Crippen molar-refractivity contribution in [3.05, 3.63) is 22.2 Å². The zero-order valence-electron chi connectivity index (χ0n) is 12.0. The van der Waals surface area contributed by atoms with Gasteiger partial charge in [-0.05, 0) is 41.5 Å². The molecule has 0 aliphatic heterocycles. The monoisotopic (exact) mass is 331 g/mol. The molecule has 0 aliphatic carbocycles. The van der Waals surface area contributed by atoms with E-state index in [0.717, 1.165) is 34.6 Å². The molecule has 0 spiro atoms. The molecule has 0 amide bonds. The third-order valence-corrected chi connectivity index (χ3v) is 3.62. The second-order valence-electron chi connectivity index (χ2n) is 4.12. The van der Waals surface area contributed by atoms with Crippen molar-refractivity contribution in [1.29, 1.82) is 0 Å². The normalized spacial score (nSPS) is 12.3. The number of hydrogen-bond acceptors (Lipinski definition) is 4. The molecule has 4 nitrogen and oxygen atoms in total. The molecule has 19 heavy (non-hydrogen) atoms. The van der Waals surface area contributed by atoms with Crippen LogP contribution < -0.4 is 14.8 Å². The van der Waals surface area contributed by atoms with Crippen molar-refractivity contribution in [2.45, 2.75) is 19.4 Å². The first-order valence-corrected chi connectivity index (χ1v) is 7.14. The summed E-state index contributed by atoms with van der Waals surface area (Å²) >= 11 is 3.51. The van der Waals surface area contributed by atoms with Crippen LogP contribution in [0, 0.1) is 0 Å². The number of halogens is 1. The highest BCUT2D eigenvalue weighted by Gasteiger charge is 2.19. The lowest BCUT2D eigenvalue weighted by Gasteiger charge is -2.21. The Morgan fingerprint density at radius 2 is 2.00 bits per heavy atom. The Labute approximate surface area is 123 Å². The molecule has 1 unspecified atom stereocenters. The fourth-order valence-corrected chi connectivity index (χ4v) is 2.55. The second-order valence-corrected chi connectivity index (χ2v) is 4.91. The van der Waals surface area contributed by atoms with Crippen LogP contribution in [-0.2, 0) is 4.74 Å². The van der Waals surface area contributed by atoms with Gasteiger partial charge in [-0.2, -0.15) is 0 Å². The van der Waals surface area contributed by atoms with Crippen LogP contribution in [0.5, 0.6) is 11.5 Å². The van der Waals surface area contributed by atoms with Crippen molar-refractivity contribution in [2.24, 2.45) is 0 Å². The summed E-state index contributed by atoms with van der Waals surface area (Å²) in [5, 5.41) is 3.25. The Balaban J connectivity index is 2.99. The van der Waals surface area contributed by atoms with Gasteiger partial charge in [-0.1, -0.05) is 6.92 Å². The predicted octanol–water partition coefficient (Wildman–Crippen LogP) is 3.15. The average molecular weight is 332 g/mol. The van der Waals surface area contributed by atoms with Gasteiger partial charge in [0, 0.05) is 12.2 Å². The van der Waals surface area contributed by atoms with Crippen molar-refractivity contribution in [3.8, 4) is 11.5 Å². The van der Waals surface area contributed by atoms with Gasteiger partial charge in [0.15, 0.2) is 0 Å². The zero-order valence-corrected chi connectivity index (χ0v) is 13.5. The van der Waals surface area contributed by atoms with Crippen LogP contribution in [0.2, 0.25) is 0 Å². The third kappa shape index (κ3) is 4.09. The minimum Gasteiger partial charge on any atom is -0.495 e. The Morgan fingerprint density at radius 1 is 1.26 bits per heavy atom. The highest BCUT2D eigenvalue weighted by Crippen LogP contribution is 2.39. The topological polar surface area (TPSA) is 39.7 Å². The van der Waals surface area contributed by atoms with Gasteiger partial charge in [-0.25, -0.2) is 0 Å². The first kappa shape index (κ1) is 16.3. The smallest absolute Gasteiger partial charge is 0.141 e. The molecule has 0 heterocycles. The van der Waals surface area contributed by atoms with Gasteiger partial charge in [0.25, 0.3) is 0 Å². The van der Waals surface area contributed by atoms with Gasteiger partial charge in [0.2, 0.25) is 0 Å². The molecule has 1 rings (SSSR count). The lowest BCUT2D eigenvalue weighted by atomic mass is 10.1. The van der Waals surface area contributed by atoms with E-state index in [4.69, 9.17) is 14.2 Å². The van der Waals surface area contributed by atoms with Crippen LogP contribution in [0.3, 0.4) is 0 Å². The molecule has 0 bridgehead atoms. The molecule has 0 saturated carbocycles. The van der Waals surface area contributed by atoms with E-state index in [1.807, 2.05) is 19.2 Å². The summed E-state index contributed by atoms with van der Waals surface area (Å²) in [4.78, 5) is 0. The van der Waals surface area contributed by atoms with Crippen molar-refractivity contribution >= 4 is 15.9 Å². The number of methoxy groups -OCH3 is 2. The number of ether oxygens (including phenoxy) is 3. The summed E-state index contributed by atoms with van der Waals surface area (Å²) in [6, 6.07) is 4.01. The van der Waals surface area contributed by atoms with E-state index in [1.54, 1.807) is 14.2 Å². The van der Waals surface area contributed by atoms with Gasteiger partial charge in [0.1, 0.15) is 16.0 Å². The van der Waals surface area contributed by atoms with E-state index in [-0.39, 0.29) is 6.04 Å². The molecule has 0 aromatic heterocycles. The highest BCUT2D eigenvalue weighted by molar-refractivity contribution is 9.10. The molecule has 108 valence electrons. The maximum Gasteiger partial charge on any atom is 0.141 e. The van der Waals surface area contributed by atoms with E-state index >= 15 is 0 Å². The first-order chi connectivity index (χ1) is 9.19. The van der Waals surface area contributed by atoms with Gasteiger partial charge in [-0.3, -0.25) is 0 Å². The van der Waals surface area contributed by atoms with Crippen LogP contribution in [0.25, 0.3) is 0 Å². The number of rotatable bonds is 8. The molecule has 0 radical (unpaired) electrons. The molecular formula is C14H22BrNO3. The number of nitrogens with one attached hydrogen (secondary N) is 1. The van der Waals surface area contributed by atoms with Gasteiger partial charge >= 0.3 is 0 Å². The minimum absolute atomic E-state index is 0.0868. The SMILES string of the molecule is CCCOCC(NC)c1ccc(OC)c(Br)c1OC. The largest absolute Gasteiger partial charge is 0.495 e. The summed E-state index contributed by atoms with van der Waals surface area (Å²) in [7, 11) is 5.21. The Bertz CT molecular complexity index is 399. The van der Waals surface area contributed by atoms with Crippen LogP contribution in [0.1, 0.15) is 24.9 Å². The van der Waals surface area contributed by atoms with E-state index in [2.05, 4.69) is 28.2 Å². The average Bonchev–Trinajstić information content (AvgIpc) is 2.43. The molecule has 5 heteroatoms. The quantitative estimate of drug-likeness (QED) is 0.743. The molecule has 0 saturated heterocycles. The molecule has 1 atom stereocenters. The van der Waals surface area contributed by atoms with E-state index < -0.39 is 0 Å². The molecule has 1 aromatic carbocycles. The van der Waals surface area contributed by atoms with Crippen molar-refractivity contribution in [2.75, 3.05) is 34.5 Å². The molecule has 1 N–H and O–H groups in total. The Kier molecular flexibility index (Phi) is 7.20. The summed E-state index contributed by atoms with van der Waals surface area (Å²) in [5.41, 5.74) is 1.05. The van der Waals surface area contributed by atoms with Crippen molar-refractivity contribution in [1.82, 2.24) is 5.32 Å². The second kappa shape index (κ2) is 8.40. The predicted molar refractivity (Wildman–Crippen MR) is 80.2 cm³/mol. The summed E-state index contributed by atoms with van der Waals surface area (Å²) in [6.07, 6.45) is 1.01. The summed E-state index contributed by atoms with van der Waals surface area (Å²) in [6.45, 7) is 3.47. The molecule has 1 aromatic rings. The fraction of sp³-hybridized carbons (Fsp3) is 0.571. The standard InChI is InChI=1S/C14H22BrNO3/c1-5-8-19-9-11(16-2)10-6-7-12(17-3)13(15)14(10)18-4/h6-7,11,16H,5,8-9H2,1-4H3. The van der Waals surface area contributed by atoms with Crippen LogP contribution in [0.15, 0.2) is 16.6 Å². The summed E-state index contributed by atoms with van der Waals surface area (Å²) in [5.74, 6) is 1.53. The lowest BCUT2D eigenvalue weighted by Crippen LogP contribution is -2.22. The number of likely N-dealkylation sites (N-methyl/N-ethyl adjacent to an activating group) is 1. The van der Waals surface area contributed by atoms with Gasteiger partial charge < -0.3 is 19.5 Å². The van der Waals surface area contributed by atoms with Gasteiger partial charge in [0.05, 0.1) is 26.9 Å².